The van der Waals surface area contributed by atoms with E-state index < -0.39 is 5.38 Å². The van der Waals surface area contributed by atoms with E-state index in [0.29, 0.717) is 16.5 Å². The number of alkyl halides is 1. The molecular formula is C14H10BrClF2. The van der Waals surface area contributed by atoms with Crippen molar-refractivity contribution in [1.82, 2.24) is 0 Å². The summed E-state index contributed by atoms with van der Waals surface area (Å²) in [5.74, 6) is -0.613. The molecule has 0 bridgehead atoms. The zero-order valence-corrected chi connectivity index (χ0v) is 11.7. The van der Waals surface area contributed by atoms with E-state index in [0.717, 1.165) is 5.56 Å². The first kappa shape index (κ1) is 13.5. The molecule has 94 valence electrons. The fourth-order valence-electron chi connectivity index (χ4n) is 1.68. The van der Waals surface area contributed by atoms with Gasteiger partial charge in [0.1, 0.15) is 11.6 Å². The summed E-state index contributed by atoms with van der Waals surface area (Å²) in [4.78, 5) is 0. The second-order valence-corrected chi connectivity index (χ2v) is 5.32. The van der Waals surface area contributed by atoms with Crippen molar-refractivity contribution >= 4 is 27.5 Å². The number of hydrogen-bond donors (Lipinski definition) is 0. The fraction of sp³-hybridized carbons (Fsp3) is 0.143. The lowest BCUT2D eigenvalue weighted by molar-refractivity contribution is 0.606. The molecule has 0 nitrogen and oxygen atoms in total. The van der Waals surface area contributed by atoms with Crippen LogP contribution in [0.3, 0.4) is 0 Å². The Kier molecular flexibility index (Phi) is 4.36. The van der Waals surface area contributed by atoms with Crippen LogP contribution in [0.25, 0.3) is 0 Å². The van der Waals surface area contributed by atoms with E-state index in [1.165, 1.54) is 12.1 Å². The predicted octanol–water partition coefficient (Wildman–Crippen LogP) is 5.25. The molecule has 0 aliphatic rings. The van der Waals surface area contributed by atoms with E-state index in [4.69, 9.17) is 11.6 Å². The normalized spacial score (nSPS) is 12.4. The van der Waals surface area contributed by atoms with Crippen molar-refractivity contribution in [3.05, 3.63) is 69.7 Å². The Labute approximate surface area is 118 Å². The summed E-state index contributed by atoms with van der Waals surface area (Å²) in [6.45, 7) is 0. The van der Waals surface area contributed by atoms with Crippen LogP contribution in [0.4, 0.5) is 8.78 Å². The summed E-state index contributed by atoms with van der Waals surface area (Å²) >= 11 is 9.33. The average Bonchev–Trinajstić information content (AvgIpc) is 2.35. The summed E-state index contributed by atoms with van der Waals surface area (Å²) in [6.07, 6.45) is 0.367. The van der Waals surface area contributed by atoms with Gasteiger partial charge in [-0.05, 0) is 51.7 Å². The average molecular weight is 332 g/mol. The molecule has 0 saturated heterocycles. The number of halogens is 4. The highest BCUT2D eigenvalue weighted by molar-refractivity contribution is 9.10. The first-order valence-electron chi connectivity index (χ1n) is 5.40. The molecule has 4 heteroatoms. The maximum Gasteiger partial charge on any atom is 0.137 e. The Morgan fingerprint density at radius 1 is 1.06 bits per heavy atom. The van der Waals surface area contributed by atoms with Gasteiger partial charge < -0.3 is 0 Å². The van der Waals surface area contributed by atoms with Crippen LogP contribution in [-0.2, 0) is 6.42 Å². The summed E-state index contributed by atoms with van der Waals surface area (Å²) < 4.78 is 26.9. The molecule has 2 aromatic carbocycles. The van der Waals surface area contributed by atoms with E-state index in [2.05, 4.69) is 15.9 Å². The molecular weight excluding hydrogens is 322 g/mol. The van der Waals surface area contributed by atoms with Gasteiger partial charge >= 0.3 is 0 Å². The molecule has 2 rings (SSSR count). The molecule has 0 aromatic heterocycles. The minimum atomic E-state index is -0.390. The van der Waals surface area contributed by atoms with Crippen molar-refractivity contribution < 1.29 is 8.78 Å². The van der Waals surface area contributed by atoms with Crippen LogP contribution in [0.5, 0.6) is 0 Å². The molecule has 0 N–H and O–H groups in total. The highest BCUT2D eigenvalue weighted by Crippen LogP contribution is 2.29. The minimum absolute atomic E-state index is 0.274. The molecule has 0 spiro atoms. The highest BCUT2D eigenvalue weighted by atomic mass is 79.9. The van der Waals surface area contributed by atoms with E-state index in [9.17, 15) is 8.78 Å². The van der Waals surface area contributed by atoms with E-state index in [1.807, 2.05) is 0 Å². The SMILES string of the molecule is Fc1ccc(C(Cl)Cc2ccccc2F)cc1Br. The first-order chi connectivity index (χ1) is 8.58. The fourth-order valence-corrected chi connectivity index (χ4v) is 2.38. The second-order valence-electron chi connectivity index (χ2n) is 3.94. The molecule has 18 heavy (non-hydrogen) atoms. The van der Waals surface area contributed by atoms with Gasteiger partial charge in [-0.3, -0.25) is 0 Å². The maximum atomic E-state index is 13.5. The summed E-state index contributed by atoms with van der Waals surface area (Å²) in [5, 5.41) is -0.390. The van der Waals surface area contributed by atoms with Crippen LogP contribution >= 0.6 is 27.5 Å². The topological polar surface area (TPSA) is 0 Å². The first-order valence-corrected chi connectivity index (χ1v) is 6.63. The van der Waals surface area contributed by atoms with Crippen molar-refractivity contribution in [2.24, 2.45) is 0 Å². The summed E-state index contributed by atoms with van der Waals surface area (Å²) in [7, 11) is 0. The molecule has 0 radical (unpaired) electrons. The quantitative estimate of drug-likeness (QED) is 0.674. The van der Waals surface area contributed by atoms with Gasteiger partial charge in [0.05, 0.1) is 9.85 Å². The molecule has 0 heterocycles. The van der Waals surface area contributed by atoms with Gasteiger partial charge in [0, 0.05) is 0 Å². The smallest absolute Gasteiger partial charge is 0.137 e. The predicted molar refractivity (Wildman–Crippen MR) is 72.8 cm³/mol. The molecule has 0 aliphatic carbocycles. The Morgan fingerprint density at radius 2 is 1.78 bits per heavy atom. The lowest BCUT2D eigenvalue weighted by Crippen LogP contribution is -1.99. The largest absolute Gasteiger partial charge is 0.207 e. The highest BCUT2D eigenvalue weighted by Gasteiger charge is 2.13. The van der Waals surface area contributed by atoms with Gasteiger partial charge in [-0.2, -0.15) is 0 Å². The van der Waals surface area contributed by atoms with Crippen LogP contribution in [-0.4, -0.2) is 0 Å². The Balaban J connectivity index is 2.19. The third-order valence-electron chi connectivity index (χ3n) is 2.66. The standard InChI is InChI=1S/C14H10BrClF2/c15-11-7-9(5-6-14(11)18)12(16)8-10-3-1-2-4-13(10)17/h1-7,12H,8H2. The Bertz CT molecular complexity index is 557. The van der Waals surface area contributed by atoms with Gasteiger partial charge in [0.25, 0.3) is 0 Å². The van der Waals surface area contributed by atoms with E-state index in [-0.39, 0.29) is 11.6 Å². The van der Waals surface area contributed by atoms with Crippen molar-refractivity contribution in [2.75, 3.05) is 0 Å². The zero-order valence-electron chi connectivity index (χ0n) is 9.34. The minimum Gasteiger partial charge on any atom is -0.207 e. The summed E-state index contributed by atoms with van der Waals surface area (Å²) in [5.41, 5.74) is 1.31. The number of benzene rings is 2. The summed E-state index contributed by atoms with van der Waals surface area (Å²) in [6, 6.07) is 11.1. The van der Waals surface area contributed by atoms with Crippen LogP contribution in [0.15, 0.2) is 46.9 Å². The van der Waals surface area contributed by atoms with Crippen LogP contribution in [0.1, 0.15) is 16.5 Å². The zero-order chi connectivity index (χ0) is 13.1. The van der Waals surface area contributed by atoms with Crippen LogP contribution < -0.4 is 0 Å². The Morgan fingerprint density at radius 3 is 2.44 bits per heavy atom. The van der Waals surface area contributed by atoms with Crippen molar-refractivity contribution in [3.8, 4) is 0 Å². The molecule has 1 atom stereocenters. The molecule has 2 aromatic rings. The number of rotatable bonds is 3. The van der Waals surface area contributed by atoms with E-state index in [1.54, 1.807) is 30.3 Å². The van der Waals surface area contributed by atoms with Crippen LogP contribution in [0.2, 0.25) is 0 Å². The molecule has 0 saturated carbocycles. The lowest BCUT2D eigenvalue weighted by atomic mass is 10.0. The maximum absolute atomic E-state index is 13.5. The van der Waals surface area contributed by atoms with E-state index >= 15 is 0 Å². The second kappa shape index (κ2) is 5.81. The molecule has 0 amide bonds. The molecule has 0 fully saturated rings. The lowest BCUT2D eigenvalue weighted by Gasteiger charge is -2.11. The Hall–Kier alpha value is -0.930. The number of hydrogen-bond acceptors (Lipinski definition) is 0. The third-order valence-corrected chi connectivity index (χ3v) is 3.68. The van der Waals surface area contributed by atoms with Crippen LogP contribution in [0, 0.1) is 11.6 Å². The monoisotopic (exact) mass is 330 g/mol. The van der Waals surface area contributed by atoms with Gasteiger partial charge in [0.15, 0.2) is 0 Å². The van der Waals surface area contributed by atoms with Crippen molar-refractivity contribution in [1.29, 1.82) is 0 Å². The molecule has 1 unspecified atom stereocenters. The van der Waals surface area contributed by atoms with Gasteiger partial charge in [-0.15, -0.1) is 11.6 Å². The van der Waals surface area contributed by atoms with Crippen molar-refractivity contribution in [2.45, 2.75) is 11.8 Å². The van der Waals surface area contributed by atoms with Gasteiger partial charge in [-0.25, -0.2) is 8.78 Å². The third kappa shape index (κ3) is 3.09. The van der Waals surface area contributed by atoms with Gasteiger partial charge in [0.2, 0.25) is 0 Å². The van der Waals surface area contributed by atoms with Crippen molar-refractivity contribution in [3.63, 3.8) is 0 Å². The molecule has 0 aliphatic heterocycles. The van der Waals surface area contributed by atoms with Gasteiger partial charge in [-0.1, -0.05) is 24.3 Å².